The maximum Gasteiger partial charge on any atom is 0.256 e. The van der Waals surface area contributed by atoms with Crippen LogP contribution >= 0.6 is 0 Å². The van der Waals surface area contributed by atoms with Crippen LogP contribution in [0.2, 0.25) is 0 Å². The van der Waals surface area contributed by atoms with Crippen molar-refractivity contribution in [1.29, 1.82) is 0 Å². The van der Waals surface area contributed by atoms with Crippen LogP contribution in [0.3, 0.4) is 0 Å². The molecule has 172 valence electrons. The second-order valence-electron chi connectivity index (χ2n) is 9.16. The van der Waals surface area contributed by atoms with Gasteiger partial charge in [-0.05, 0) is 55.3 Å². The fourth-order valence-electron chi connectivity index (χ4n) is 3.70. The Morgan fingerprint density at radius 3 is 2.67 bits per heavy atom. The minimum atomic E-state index is -0.224. The lowest BCUT2D eigenvalue weighted by Gasteiger charge is -2.19. The molecule has 0 atom stereocenters. The highest BCUT2D eigenvalue weighted by Crippen LogP contribution is 2.26. The van der Waals surface area contributed by atoms with Gasteiger partial charge in [-0.3, -0.25) is 9.78 Å². The summed E-state index contributed by atoms with van der Waals surface area (Å²) >= 11 is 0. The summed E-state index contributed by atoms with van der Waals surface area (Å²) in [5.41, 5.74) is 5.60. The molecule has 0 saturated carbocycles. The molecule has 1 amide bonds. The van der Waals surface area contributed by atoms with Crippen LogP contribution in [0.15, 0.2) is 42.7 Å². The Morgan fingerprint density at radius 2 is 1.88 bits per heavy atom. The lowest BCUT2D eigenvalue weighted by Crippen LogP contribution is -2.24. The number of fused-ring (bicyclic) bond motifs is 1. The first-order valence-corrected chi connectivity index (χ1v) is 11.3. The van der Waals surface area contributed by atoms with Gasteiger partial charge in [-0.2, -0.15) is 4.98 Å². The Morgan fingerprint density at radius 1 is 1.06 bits per heavy atom. The lowest BCUT2D eigenvalue weighted by molar-refractivity contribution is 0.0956. The van der Waals surface area contributed by atoms with Gasteiger partial charge in [-0.1, -0.05) is 26.8 Å². The number of nitrogens with zero attached hydrogens (tertiary/aromatic N) is 3. The molecule has 1 aliphatic rings. The third kappa shape index (κ3) is 5.46. The fourth-order valence-corrected chi connectivity index (χ4v) is 3.70. The molecule has 0 saturated heterocycles. The smallest absolute Gasteiger partial charge is 0.256 e. The summed E-state index contributed by atoms with van der Waals surface area (Å²) in [6, 6.07) is 10.1. The molecular formula is C25H31N7O. The van der Waals surface area contributed by atoms with E-state index in [0.717, 1.165) is 36.6 Å². The number of rotatable bonds is 6. The van der Waals surface area contributed by atoms with Crippen molar-refractivity contribution in [3.63, 3.8) is 0 Å². The lowest BCUT2D eigenvalue weighted by atomic mass is 9.91. The van der Waals surface area contributed by atoms with E-state index in [1.54, 1.807) is 12.4 Å². The Kier molecular flexibility index (Phi) is 6.55. The Bertz CT molecular complexity index is 1150. The highest BCUT2D eigenvalue weighted by atomic mass is 16.1. The fraction of sp³-hybridized carbons (Fsp3) is 0.360. The number of amides is 1. The molecule has 0 bridgehead atoms. The molecular weight excluding hydrogens is 414 g/mol. The molecule has 2 aromatic heterocycles. The van der Waals surface area contributed by atoms with Crippen molar-refractivity contribution in [2.45, 2.75) is 46.1 Å². The number of benzene rings is 1. The number of carbonyl (C=O) groups is 1. The molecule has 0 fully saturated rings. The van der Waals surface area contributed by atoms with Crippen LogP contribution in [0.25, 0.3) is 0 Å². The number of anilines is 4. The second-order valence-corrected chi connectivity index (χ2v) is 9.16. The van der Waals surface area contributed by atoms with Crippen molar-refractivity contribution in [2.75, 3.05) is 23.7 Å². The number of pyridine rings is 1. The van der Waals surface area contributed by atoms with Gasteiger partial charge in [0, 0.05) is 48.0 Å². The first kappa shape index (κ1) is 22.7. The second kappa shape index (κ2) is 9.54. The minimum Gasteiger partial charge on any atom is -0.352 e. The van der Waals surface area contributed by atoms with Gasteiger partial charge in [0.05, 0.1) is 0 Å². The maximum atomic E-state index is 12.6. The van der Waals surface area contributed by atoms with Gasteiger partial charge in [0.1, 0.15) is 11.4 Å². The zero-order chi connectivity index (χ0) is 23.4. The van der Waals surface area contributed by atoms with Crippen molar-refractivity contribution in [3.8, 4) is 0 Å². The zero-order valence-electron chi connectivity index (χ0n) is 19.6. The van der Waals surface area contributed by atoms with Gasteiger partial charge >= 0.3 is 0 Å². The van der Waals surface area contributed by atoms with E-state index in [2.05, 4.69) is 69.1 Å². The van der Waals surface area contributed by atoms with E-state index in [9.17, 15) is 4.79 Å². The van der Waals surface area contributed by atoms with Gasteiger partial charge in [0.15, 0.2) is 0 Å². The van der Waals surface area contributed by atoms with E-state index >= 15 is 0 Å². The molecule has 8 nitrogen and oxygen atoms in total. The summed E-state index contributed by atoms with van der Waals surface area (Å²) in [7, 11) is 0. The molecule has 8 heteroatoms. The first-order chi connectivity index (χ1) is 15.8. The van der Waals surface area contributed by atoms with Crippen molar-refractivity contribution < 1.29 is 4.79 Å². The summed E-state index contributed by atoms with van der Waals surface area (Å²) in [4.78, 5) is 26.2. The number of hydrogen-bond donors (Lipinski definition) is 4. The molecule has 0 unspecified atom stereocenters. The standard InChI is InChI=1S/C25H31N7O/c1-5-27-23(33)20-15-29-24(31-18-7-6-17-14-26-10-8-16(17)12-18)32-22(20)30-19-9-11-28-21(13-19)25(2,3)4/h6-7,9,11-13,15,26H,5,8,10,14H2,1-4H3,(H,27,33)(H2,28,29,30,31,32). The molecule has 1 aliphatic heterocycles. The normalized spacial score (nSPS) is 13.2. The molecule has 0 aliphatic carbocycles. The number of carbonyl (C=O) groups excluding carboxylic acids is 1. The summed E-state index contributed by atoms with van der Waals surface area (Å²) in [6.07, 6.45) is 4.31. The maximum absolute atomic E-state index is 12.6. The van der Waals surface area contributed by atoms with Gasteiger partial charge < -0.3 is 21.3 Å². The highest BCUT2D eigenvalue weighted by Gasteiger charge is 2.18. The van der Waals surface area contributed by atoms with Gasteiger partial charge in [0.25, 0.3) is 5.91 Å². The molecule has 33 heavy (non-hydrogen) atoms. The SMILES string of the molecule is CCNC(=O)c1cnc(Nc2ccc3c(c2)CCNC3)nc1Nc1ccnc(C(C)(C)C)c1. The van der Waals surface area contributed by atoms with Gasteiger partial charge in [-0.25, -0.2) is 4.98 Å². The van der Waals surface area contributed by atoms with Crippen LogP contribution < -0.4 is 21.3 Å². The summed E-state index contributed by atoms with van der Waals surface area (Å²) in [5.74, 6) is 0.633. The third-order valence-electron chi connectivity index (χ3n) is 5.51. The van der Waals surface area contributed by atoms with Gasteiger partial charge in [-0.15, -0.1) is 0 Å². The molecule has 3 aromatic rings. The van der Waals surface area contributed by atoms with E-state index in [-0.39, 0.29) is 11.3 Å². The number of aromatic nitrogens is 3. The van der Waals surface area contributed by atoms with E-state index in [1.807, 2.05) is 25.1 Å². The average molecular weight is 446 g/mol. The summed E-state index contributed by atoms with van der Waals surface area (Å²) in [5, 5.41) is 12.8. The predicted molar refractivity (Wildman–Crippen MR) is 131 cm³/mol. The van der Waals surface area contributed by atoms with Crippen LogP contribution in [0.4, 0.5) is 23.1 Å². The van der Waals surface area contributed by atoms with Crippen LogP contribution in [0.5, 0.6) is 0 Å². The number of hydrogen-bond acceptors (Lipinski definition) is 7. The Hall–Kier alpha value is -3.52. The van der Waals surface area contributed by atoms with Crippen molar-refractivity contribution in [3.05, 3.63) is 65.1 Å². The van der Waals surface area contributed by atoms with Crippen LogP contribution in [-0.2, 0) is 18.4 Å². The predicted octanol–water partition coefficient (Wildman–Crippen LogP) is 4.05. The number of nitrogens with one attached hydrogen (secondary N) is 4. The Balaban J connectivity index is 1.64. The van der Waals surface area contributed by atoms with Crippen molar-refractivity contribution in [1.82, 2.24) is 25.6 Å². The summed E-state index contributed by atoms with van der Waals surface area (Å²) in [6.45, 7) is 10.6. The van der Waals surface area contributed by atoms with Crippen molar-refractivity contribution in [2.24, 2.45) is 0 Å². The van der Waals surface area contributed by atoms with Crippen LogP contribution in [0.1, 0.15) is 54.9 Å². The van der Waals surface area contributed by atoms with E-state index in [1.165, 1.54) is 11.1 Å². The van der Waals surface area contributed by atoms with Crippen LogP contribution in [0, 0.1) is 0 Å². The average Bonchev–Trinajstić information content (AvgIpc) is 2.79. The third-order valence-corrected chi connectivity index (χ3v) is 5.51. The topological polar surface area (TPSA) is 104 Å². The molecule has 3 heterocycles. The zero-order valence-corrected chi connectivity index (χ0v) is 19.6. The van der Waals surface area contributed by atoms with Gasteiger partial charge in [0.2, 0.25) is 5.95 Å². The van der Waals surface area contributed by atoms with E-state index in [0.29, 0.717) is 23.9 Å². The Labute approximate surface area is 194 Å². The van der Waals surface area contributed by atoms with E-state index in [4.69, 9.17) is 0 Å². The molecule has 4 rings (SSSR count). The first-order valence-electron chi connectivity index (χ1n) is 11.3. The van der Waals surface area contributed by atoms with Crippen LogP contribution in [-0.4, -0.2) is 33.9 Å². The van der Waals surface area contributed by atoms with Crippen molar-refractivity contribution >= 4 is 29.0 Å². The van der Waals surface area contributed by atoms with E-state index < -0.39 is 0 Å². The minimum absolute atomic E-state index is 0.0968. The largest absolute Gasteiger partial charge is 0.352 e. The molecule has 0 radical (unpaired) electrons. The monoisotopic (exact) mass is 445 g/mol. The quantitative estimate of drug-likeness (QED) is 0.454. The molecule has 1 aromatic carbocycles. The summed E-state index contributed by atoms with van der Waals surface area (Å²) < 4.78 is 0. The highest BCUT2D eigenvalue weighted by molar-refractivity contribution is 5.99. The molecule has 4 N–H and O–H groups in total. The molecule has 0 spiro atoms.